The van der Waals surface area contributed by atoms with Gasteiger partial charge in [0.05, 0.1) is 5.69 Å². The molecule has 0 atom stereocenters. The molecule has 0 unspecified atom stereocenters. The number of aromatic nitrogens is 1. The van der Waals surface area contributed by atoms with E-state index in [-0.39, 0.29) is 17.8 Å². The summed E-state index contributed by atoms with van der Waals surface area (Å²) in [5, 5.41) is 7.82. The minimum absolute atomic E-state index is 0.0472. The summed E-state index contributed by atoms with van der Waals surface area (Å²) in [6, 6.07) is 7.17. The highest BCUT2D eigenvalue weighted by molar-refractivity contribution is 7.13. The number of rotatable bonds is 5. The molecule has 0 radical (unpaired) electrons. The van der Waals surface area contributed by atoms with Crippen molar-refractivity contribution in [2.75, 3.05) is 36.8 Å². The van der Waals surface area contributed by atoms with E-state index in [0.29, 0.717) is 49.8 Å². The van der Waals surface area contributed by atoms with Gasteiger partial charge in [-0.25, -0.2) is 9.78 Å². The molecule has 3 rings (SSSR count). The minimum atomic E-state index is -0.353. The zero-order valence-electron chi connectivity index (χ0n) is 16.6. The Kier molecular flexibility index (Phi) is 6.82. The van der Waals surface area contributed by atoms with Crippen molar-refractivity contribution in [3.05, 3.63) is 40.9 Å². The quantitative estimate of drug-likeness (QED) is 0.785. The van der Waals surface area contributed by atoms with E-state index in [1.807, 2.05) is 36.6 Å². The minimum Gasteiger partial charge on any atom is -0.339 e. The Morgan fingerprint density at radius 3 is 2.34 bits per heavy atom. The molecule has 2 N–H and O–H groups in total. The lowest BCUT2D eigenvalue weighted by Gasteiger charge is -2.34. The molecule has 4 amide bonds. The number of nitrogens with zero attached hydrogens (tertiary/aromatic N) is 3. The fourth-order valence-corrected chi connectivity index (χ4v) is 3.78. The van der Waals surface area contributed by atoms with Crippen LogP contribution in [-0.2, 0) is 16.0 Å². The number of aryl methyl sites for hydroxylation is 2. The van der Waals surface area contributed by atoms with Crippen LogP contribution in [0, 0.1) is 6.92 Å². The number of piperazine rings is 1. The maximum Gasteiger partial charge on any atom is 0.325 e. The third kappa shape index (κ3) is 6.02. The molecule has 1 saturated heterocycles. The molecule has 154 valence electrons. The Bertz CT molecular complexity index is 872. The summed E-state index contributed by atoms with van der Waals surface area (Å²) < 4.78 is 0. The summed E-state index contributed by atoms with van der Waals surface area (Å²) in [4.78, 5) is 43.7. The van der Waals surface area contributed by atoms with E-state index in [2.05, 4.69) is 15.6 Å². The molecule has 29 heavy (non-hydrogen) atoms. The Hall–Kier alpha value is -2.94. The SMILES string of the molecule is CC(=O)N1CCN(C(=O)CCc2csc(NC(=O)Nc3ccc(C)cc3)n2)CC1. The monoisotopic (exact) mass is 415 g/mol. The van der Waals surface area contributed by atoms with Gasteiger partial charge in [0, 0.05) is 50.6 Å². The van der Waals surface area contributed by atoms with Gasteiger partial charge in [-0.2, -0.15) is 0 Å². The number of carbonyl (C=O) groups is 3. The van der Waals surface area contributed by atoms with Crippen LogP contribution in [0.1, 0.15) is 24.6 Å². The number of benzene rings is 1. The van der Waals surface area contributed by atoms with E-state index in [1.54, 1.807) is 16.7 Å². The van der Waals surface area contributed by atoms with Gasteiger partial charge in [0.2, 0.25) is 11.8 Å². The summed E-state index contributed by atoms with van der Waals surface area (Å²) in [6.07, 6.45) is 0.877. The second-order valence-electron chi connectivity index (χ2n) is 6.98. The van der Waals surface area contributed by atoms with E-state index in [4.69, 9.17) is 0 Å². The van der Waals surface area contributed by atoms with E-state index in [1.165, 1.54) is 11.3 Å². The van der Waals surface area contributed by atoms with Gasteiger partial charge < -0.3 is 15.1 Å². The van der Waals surface area contributed by atoms with Crippen LogP contribution in [-0.4, -0.2) is 58.8 Å². The average molecular weight is 416 g/mol. The van der Waals surface area contributed by atoms with Crippen LogP contribution in [0.5, 0.6) is 0 Å². The van der Waals surface area contributed by atoms with Crippen LogP contribution in [0.25, 0.3) is 0 Å². The van der Waals surface area contributed by atoms with E-state index in [9.17, 15) is 14.4 Å². The third-order valence-electron chi connectivity index (χ3n) is 4.75. The highest BCUT2D eigenvalue weighted by atomic mass is 32.1. The molecule has 1 aliphatic rings. The van der Waals surface area contributed by atoms with E-state index < -0.39 is 0 Å². The lowest BCUT2D eigenvalue weighted by atomic mass is 10.2. The summed E-state index contributed by atoms with van der Waals surface area (Å²) in [6.45, 7) is 5.84. The van der Waals surface area contributed by atoms with Crippen LogP contribution in [0.3, 0.4) is 0 Å². The summed E-state index contributed by atoms with van der Waals surface area (Å²) >= 11 is 1.33. The topological polar surface area (TPSA) is 94.6 Å². The van der Waals surface area contributed by atoms with Crippen LogP contribution in [0.4, 0.5) is 15.6 Å². The standard InChI is InChI=1S/C20H25N5O3S/c1-14-3-5-16(6-4-14)21-19(28)23-20-22-17(13-29-20)7-8-18(27)25-11-9-24(10-12-25)15(2)26/h3-6,13H,7-12H2,1-2H3,(H2,21,22,23,28). The molecular formula is C20H25N5O3S. The predicted molar refractivity (Wildman–Crippen MR) is 113 cm³/mol. The number of anilines is 2. The number of hydrogen-bond acceptors (Lipinski definition) is 5. The number of nitrogens with one attached hydrogen (secondary N) is 2. The van der Waals surface area contributed by atoms with Crippen molar-refractivity contribution in [2.45, 2.75) is 26.7 Å². The number of amides is 4. The maximum atomic E-state index is 12.4. The maximum absolute atomic E-state index is 12.4. The van der Waals surface area contributed by atoms with Crippen LogP contribution in [0.2, 0.25) is 0 Å². The molecule has 0 spiro atoms. The van der Waals surface area contributed by atoms with Gasteiger partial charge >= 0.3 is 6.03 Å². The van der Waals surface area contributed by atoms with Gasteiger partial charge in [0.15, 0.2) is 5.13 Å². The predicted octanol–water partition coefficient (Wildman–Crippen LogP) is 2.72. The Morgan fingerprint density at radius 1 is 1.03 bits per heavy atom. The molecule has 8 nitrogen and oxygen atoms in total. The molecule has 1 aromatic heterocycles. The van der Waals surface area contributed by atoms with E-state index >= 15 is 0 Å². The first kappa shape index (κ1) is 20.8. The zero-order valence-corrected chi connectivity index (χ0v) is 17.4. The number of carbonyl (C=O) groups excluding carboxylic acids is 3. The Labute approximate surface area is 173 Å². The molecular weight excluding hydrogens is 390 g/mol. The van der Waals surface area contributed by atoms with Crippen LogP contribution in [0.15, 0.2) is 29.6 Å². The smallest absolute Gasteiger partial charge is 0.325 e. The highest BCUT2D eigenvalue weighted by Crippen LogP contribution is 2.18. The van der Waals surface area contributed by atoms with Crippen molar-refractivity contribution >= 4 is 40.0 Å². The Balaban J connectivity index is 1.43. The lowest BCUT2D eigenvalue weighted by Crippen LogP contribution is -2.50. The van der Waals surface area contributed by atoms with Crippen molar-refractivity contribution < 1.29 is 14.4 Å². The van der Waals surface area contributed by atoms with Crippen molar-refractivity contribution in [1.82, 2.24) is 14.8 Å². The molecule has 2 aromatic rings. The molecule has 0 bridgehead atoms. The molecule has 0 aliphatic carbocycles. The van der Waals surface area contributed by atoms with Crippen LogP contribution < -0.4 is 10.6 Å². The van der Waals surface area contributed by atoms with Gasteiger partial charge in [0.1, 0.15) is 0 Å². The van der Waals surface area contributed by atoms with Gasteiger partial charge in [-0.1, -0.05) is 17.7 Å². The van der Waals surface area contributed by atoms with Crippen molar-refractivity contribution in [3.63, 3.8) is 0 Å². The number of hydrogen-bond donors (Lipinski definition) is 2. The molecule has 0 saturated carbocycles. The molecule has 9 heteroatoms. The summed E-state index contributed by atoms with van der Waals surface area (Å²) in [7, 11) is 0. The molecule has 2 heterocycles. The molecule has 1 fully saturated rings. The van der Waals surface area contributed by atoms with E-state index in [0.717, 1.165) is 11.3 Å². The first-order valence-electron chi connectivity index (χ1n) is 9.53. The molecule has 1 aromatic carbocycles. The van der Waals surface area contributed by atoms with Crippen LogP contribution >= 0.6 is 11.3 Å². The van der Waals surface area contributed by atoms with Gasteiger partial charge in [-0.3, -0.25) is 14.9 Å². The highest BCUT2D eigenvalue weighted by Gasteiger charge is 2.22. The number of urea groups is 1. The fraction of sp³-hybridized carbons (Fsp3) is 0.400. The largest absolute Gasteiger partial charge is 0.339 e. The van der Waals surface area contributed by atoms with Crippen molar-refractivity contribution in [1.29, 1.82) is 0 Å². The summed E-state index contributed by atoms with van der Waals surface area (Å²) in [5.41, 5.74) is 2.60. The number of thiazole rings is 1. The fourth-order valence-electron chi connectivity index (χ4n) is 3.04. The first-order chi connectivity index (χ1) is 13.9. The zero-order chi connectivity index (χ0) is 20.8. The van der Waals surface area contributed by atoms with Gasteiger partial charge in [-0.05, 0) is 25.5 Å². The van der Waals surface area contributed by atoms with Crippen molar-refractivity contribution in [2.24, 2.45) is 0 Å². The first-order valence-corrected chi connectivity index (χ1v) is 10.4. The lowest BCUT2D eigenvalue weighted by molar-refractivity contribution is -0.138. The van der Waals surface area contributed by atoms with Gasteiger partial charge in [-0.15, -0.1) is 11.3 Å². The second kappa shape index (κ2) is 9.51. The Morgan fingerprint density at radius 2 is 1.69 bits per heavy atom. The van der Waals surface area contributed by atoms with Gasteiger partial charge in [0.25, 0.3) is 0 Å². The third-order valence-corrected chi connectivity index (χ3v) is 5.56. The normalized spacial score (nSPS) is 13.9. The average Bonchev–Trinajstić information content (AvgIpc) is 3.15. The van der Waals surface area contributed by atoms with Crippen molar-refractivity contribution in [3.8, 4) is 0 Å². The second-order valence-corrected chi connectivity index (χ2v) is 7.83. The molecule has 1 aliphatic heterocycles. The summed E-state index contributed by atoms with van der Waals surface area (Å²) in [5.74, 6) is 0.110.